The zero-order chi connectivity index (χ0) is 17.1. The second-order valence-electron chi connectivity index (χ2n) is 6.40. The maximum atomic E-state index is 5.02. The molecule has 0 fully saturated rings. The summed E-state index contributed by atoms with van der Waals surface area (Å²) >= 11 is 0. The van der Waals surface area contributed by atoms with E-state index >= 15 is 0 Å². The summed E-state index contributed by atoms with van der Waals surface area (Å²) in [7, 11) is 0. The normalized spacial score (nSPS) is 12.4. The standard InChI is InChI=1S/C23H22N2/c1-2-20(19-13-7-4-8-14-19)23-24-21-15-9-10-16-22(21)25(23)17-18-11-5-3-6-12-18/h3-16,20H,2,17H2,1H3. The highest BCUT2D eigenvalue weighted by molar-refractivity contribution is 5.76. The molecule has 0 saturated carbocycles. The van der Waals surface area contributed by atoms with Gasteiger partial charge in [-0.25, -0.2) is 4.98 Å². The molecule has 1 heterocycles. The van der Waals surface area contributed by atoms with Crippen molar-refractivity contribution in [3.05, 3.63) is 102 Å². The van der Waals surface area contributed by atoms with E-state index < -0.39 is 0 Å². The summed E-state index contributed by atoms with van der Waals surface area (Å²) < 4.78 is 2.38. The lowest BCUT2D eigenvalue weighted by atomic mass is 9.95. The minimum absolute atomic E-state index is 0.303. The van der Waals surface area contributed by atoms with Gasteiger partial charge in [0.1, 0.15) is 5.82 Å². The van der Waals surface area contributed by atoms with E-state index in [1.54, 1.807) is 0 Å². The lowest BCUT2D eigenvalue weighted by molar-refractivity contribution is 0.655. The molecule has 0 aliphatic rings. The van der Waals surface area contributed by atoms with Gasteiger partial charge < -0.3 is 4.57 Å². The monoisotopic (exact) mass is 326 g/mol. The smallest absolute Gasteiger partial charge is 0.117 e. The Labute approximate surface area is 148 Å². The van der Waals surface area contributed by atoms with Gasteiger partial charge in [-0.05, 0) is 29.7 Å². The zero-order valence-electron chi connectivity index (χ0n) is 14.5. The number of aromatic nitrogens is 2. The van der Waals surface area contributed by atoms with Gasteiger partial charge in [0.25, 0.3) is 0 Å². The first-order chi connectivity index (χ1) is 12.4. The Hall–Kier alpha value is -2.87. The number of para-hydroxylation sites is 2. The second-order valence-corrected chi connectivity index (χ2v) is 6.40. The molecule has 0 aliphatic heterocycles. The van der Waals surface area contributed by atoms with Crippen molar-refractivity contribution < 1.29 is 0 Å². The maximum Gasteiger partial charge on any atom is 0.117 e. The first-order valence-corrected chi connectivity index (χ1v) is 8.91. The van der Waals surface area contributed by atoms with Crippen LogP contribution in [-0.4, -0.2) is 9.55 Å². The summed E-state index contributed by atoms with van der Waals surface area (Å²) in [6.07, 6.45) is 1.03. The van der Waals surface area contributed by atoms with Crippen LogP contribution in [0.1, 0.15) is 36.2 Å². The summed E-state index contributed by atoms with van der Waals surface area (Å²) in [6.45, 7) is 3.09. The molecule has 1 aromatic heterocycles. The highest BCUT2D eigenvalue weighted by Gasteiger charge is 2.20. The van der Waals surface area contributed by atoms with Crippen LogP contribution < -0.4 is 0 Å². The van der Waals surface area contributed by atoms with E-state index in [2.05, 4.69) is 96.4 Å². The molecule has 25 heavy (non-hydrogen) atoms. The van der Waals surface area contributed by atoms with Gasteiger partial charge in [-0.1, -0.05) is 79.7 Å². The minimum atomic E-state index is 0.303. The van der Waals surface area contributed by atoms with Gasteiger partial charge in [-0.15, -0.1) is 0 Å². The molecule has 1 atom stereocenters. The van der Waals surface area contributed by atoms with Gasteiger partial charge in [0.05, 0.1) is 11.0 Å². The Bertz CT molecular complexity index is 955. The number of fused-ring (bicyclic) bond motifs is 1. The second kappa shape index (κ2) is 6.94. The predicted octanol–water partition coefficient (Wildman–Crippen LogP) is 5.63. The number of nitrogens with zero attached hydrogens (tertiary/aromatic N) is 2. The average Bonchev–Trinajstić information content (AvgIpc) is 3.03. The molecule has 0 N–H and O–H groups in total. The molecule has 124 valence electrons. The Morgan fingerprint density at radius 3 is 2.16 bits per heavy atom. The molecule has 0 amide bonds. The molecular formula is C23H22N2. The van der Waals surface area contributed by atoms with Crippen molar-refractivity contribution in [3.63, 3.8) is 0 Å². The lowest BCUT2D eigenvalue weighted by Crippen LogP contribution is -2.11. The van der Waals surface area contributed by atoms with Gasteiger partial charge in [0, 0.05) is 12.5 Å². The molecule has 4 aromatic rings. The summed E-state index contributed by atoms with van der Waals surface area (Å²) in [5.41, 5.74) is 4.91. The van der Waals surface area contributed by atoms with Crippen molar-refractivity contribution in [2.45, 2.75) is 25.8 Å². The van der Waals surface area contributed by atoms with E-state index in [4.69, 9.17) is 4.98 Å². The minimum Gasteiger partial charge on any atom is -0.323 e. The van der Waals surface area contributed by atoms with Crippen LogP contribution in [0.2, 0.25) is 0 Å². The summed E-state index contributed by atoms with van der Waals surface area (Å²) in [4.78, 5) is 5.02. The number of imidazole rings is 1. The van der Waals surface area contributed by atoms with Crippen molar-refractivity contribution in [1.29, 1.82) is 0 Å². The Morgan fingerprint density at radius 1 is 0.800 bits per heavy atom. The zero-order valence-corrected chi connectivity index (χ0v) is 14.5. The molecule has 0 saturated heterocycles. The van der Waals surface area contributed by atoms with Gasteiger partial charge >= 0.3 is 0 Å². The molecule has 0 bridgehead atoms. The topological polar surface area (TPSA) is 17.8 Å². The van der Waals surface area contributed by atoms with Gasteiger partial charge in [-0.2, -0.15) is 0 Å². The Kier molecular flexibility index (Phi) is 4.34. The fraction of sp³-hybridized carbons (Fsp3) is 0.174. The van der Waals surface area contributed by atoms with Crippen LogP contribution in [0.4, 0.5) is 0 Å². The summed E-state index contributed by atoms with van der Waals surface area (Å²) in [5, 5.41) is 0. The van der Waals surface area contributed by atoms with Crippen molar-refractivity contribution in [3.8, 4) is 0 Å². The first-order valence-electron chi connectivity index (χ1n) is 8.91. The van der Waals surface area contributed by atoms with E-state index in [1.807, 2.05) is 0 Å². The SMILES string of the molecule is CCC(c1ccccc1)c1nc2ccccc2n1Cc1ccccc1. The van der Waals surface area contributed by atoms with E-state index in [0.717, 1.165) is 24.3 Å². The van der Waals surface area contributed by atoms with Crippen molar-refractivity contribution in [2.24, 2.45) is 0 Å². The van der Waals surface area contributed by atoms with Gasteiger partial charge in [-0.3, -0.25) is 0 Å². The largest absolute Gasteiger partial charge is 0.323 e. The van der Waals surface area contributed by atoms with Crippen LogP contribution in [0.15, 0.2) is 84.9 Å². The summed E-state index contributed by atoms with van der Waals surface area (Å²) in [6, 6.07) is 29.8. The molecule has 2 nitrogen and oxygen atoms in total. The Morgan fingerprint density at radius 2 is 1.44 bits per heavy atom. The molecular weight excluding hydrogens is 304 g/mol. The van der Waals surface area contributed by atoms with Crippen LogP contribution in [0.5, 0.6) is 0 Å². The van der Waals surface area contributed by atoms with Gasteiger partial charge in [0.2, 0.25) is 0 Å². The molecule has 0 spiro atoms. The maximum absolute atomic E-state index is 5.02. The third-order valence-electron chi connectivity index (χ3n) is 4.79. The summed E-state index contributed by atoms with van der Waals surface area (Å²) in [5.74, 6) is 1.45. The molecule has 0 aliphatic carbocycles. The highest BCUT2D eigenvalue weighted by atomic mass is 15.1. The number of hydrogen-bond acceptors (Lipinski definition) is 1. The van der Waals surface area contributed by atoms with Crippen LogP contribution >= 0.6 is 0 Å². The van der Waals surface area contributed by atoms with E-state index in [1.165, 1.54) is 16.6 Å². The fourth-order valence-corrected chi connectivity index (χ4v) is 3.55. The molecule has 3 aromatic carbocycles. The fourth-order valence-electron chi connectivity index (χ4n) is 3.55. The molecule has 1 unspecified atom stereocenters. The Balaban J connectivity index is 1.86. The predicted molar refractivity (Wildman–Crippen MR) is 104 cm³/mol. The molecule has 4 rings (SSSR count). The molecule has 0 radical (unpaired) electrons. The van der Waals surface area contributed by atoms with Crippen LogP contribution in [-0.2, 0) is 6.54 Å². The van der Waals surface area contributed by atoms with Crippen LogP contribution in [0.3, 0.4) is 0 Å². The van der Waals surface area contributed by atoms with Crippen molar-refractivity contribution in [1.82, 2.24) is 9.55 Å². The number of benzene rings is 3. The quantitative estimate of drug-likeness (QED) is 0.465. The highest BCUT2D eigenvalue weighted by Crippen LogP contribution is 2.30. The van der Waals surface area contributed by atoms with E-state index in [-0.39, 0.29) is 0 Å². The third kappa shape index (κ3) is 3.08. The van der Waals surface area contributed by atoms with Gasteiger partial charge in [0.15, 0.2) is 0 Å². The number of rotatable bonds is 5. The number of hydrogen-bond donors (Lipinski definition) is 0. The lowest BCUT2D eigenvalue weighted by Gasteiger charge is -2.18. The molecule has 2 heteroatoms. The third-order valence-corrected chi connectivity index (χ3v) is 4.79. The van der Waals surface area contributed by atoms with E-state index in [0.29, 0.717) is 5.92 Å². The average molecular weight is 326 g/mol. The van der Waals surface area contributed by atoms with E-state index in [9.17, 15) is 0 Å². The van der Waals surface area contributed by atoms with Crippen molar-refractivity contribution in [2.75, 3.05) is 0 Å². The van der Waals surface area contributed by atoms with Crippen LogP contribution in [0.25, 0.3) is 11.0 Å². The van der Waals surface area contributed by atoms with Crippen molar-refractivity contribution >= 4 is 11.0 Å². The van der Waals surface area contributed by atoms with Crippen LogP contribution in [0, 0.1) is 0 Å². The first kappa shape index (κ1) is 15.6.